The van der Waals surface area contributed by atoms with Gasteiger partial charge < -0.3 is 15.2 Å². The van der Waals surface area contributed by atoms with Crippen molar-refractivity contribution >= 4 is 5.96 Å². The standard InChI is InChI=1S/C17H33N5O/c1-7-18-17(19-11-14(6)22(8-2)9-3)20-12-15-10-16(13(4)5)21-23-15/h10,13-14H,7-9,11-12H2,1-6H3,(H2,18,19,20). The summed E-state index contributed by atoms with van der Waals surface area (Å²) in [6, 6.07) is 2.45. The van der Waals surface area contributed by atoms with Crippen molar-refractivity contribution in [2.75, 3.05) is 26.2 Å². The SMILES string of the molecule is CCNC(=NCc1cc(C(C)C)no1)NCC(C)N(CC)CC. The minimum Gasteiger partial charge on any atom is -0.359 e. The van der Waals surface area contributed by atoms with Crippen LogP contribution in [-0.2, 0) is 6.54 Å². The van der Waals surface area contributed by atoms with Crippen molar-refractivity contribution in [3.63, 3.8) is 0 Å². The van der Waals surface area contributed by atoms with Gasteiger partial charge in [0.05, 0.1) is 5.69 Å². The smallest absolute Gasteiger partial charge is 0.191 e. The second-order valence-electron chi connectivity index (χ2n) is 6.02. The van der Waals surface area contributed by atoms with E-state index in [1.165, 1.54) is 0 Å². The normalized spacial score (nSPS) is 13.7. The summed E-state index contributed by atoms with van der Waals surface area (Å²) in [5, 5.41) is 10.7. The Labute approximate surface area is 140 Å². The zero-order valence-electron chi connectivity index (χ0n) is 15.5. The Balaban J connectivity index is 2.58. The molecular formula is C17H33N5O. The van der Waals surface area contributed by atoms with E-state index >= 15 is 0 Å². The summed E-state index contributed by atoms with van der Waals surface area (Å²) in [4.78, 5) is 7.00. The molecule has 6 nitrogen and oxygen atoms in total. The third-order valence-electron chi connectivity index (χ3n) is 3.91. The predicted molar refractivity (Wildman–Crippen MR) is 95.8 cm³/mol. The minimum absolute atomic E-state index is 0.373. The molecule has 0 aliphatic carbocycles. The summed E-state index contributed by atoms with van der Waals surface area (Å²) >= 11 is 0. The molecule has 6 heteroatoms. The lowest BCUT2D eigenvalue weighted by Crippen LogP contribution is -2.45. The first kappa shape index (κ1) is 19.5. The fourth-order valence-corrected chi connectivity index (χ4v) is 2.39. The molecule has 132 valence electrons. The average Bonchev–Trinajstić information content (AvgIpc) is 3.00. The minimum atomic E-state index is 0.373. The number of guanidine groups is 1. The highest BCUT2D eigenvalue weighted by molar-refractivity contribution is 5.79. The molecular weight excluding hydrogens is 290 g/mol. The molecule has 23 heavy (non-hydrogen) atoms. The summed E-state index contributed by atoms with van der Waals surface area (Å²) in [7, 11) is 0. The Morgan fingerprint density at radius 2 is 1.91 bits per heavy atom. The summed E-state index contributed by atoms with van der Waals surface area (Å²) in [6.07, 6.45) is 0. The Bertz CT molecular complexity index is 465. The fraction of sp³-hybridized carbons (Fsp3) is 0.765. The van der Waals surface area contributed by atoms with E-state index < -0.39 is 0 Å². The first-order valence-electron chi connectivity index (χ1n) is 8.73. The summed E-state index contributed by atoms with van der Waals surface area (Å²) in [5.41, 5.74) is 0.975. The van der Waals surface area contributed by atoms with Crippen LogP contribution in [0.5, 0.6) is 0 Å². The topological polar surface area (TPSA) is 65.7 Å². The molecule has 0 aliphatic rings. The van der Waals surface area contributed by atoms with Crippen LogP contribution in [0, 0.1) is 0 Å². The maximum absolute atomic E-state index is 5.33. The van der Waals surface area contributed by atoms with E-state index in [0.29, 0.717) is 18.5 Å². The molecule has 0 radical (unpaired) electrons. The number of nitrogens with zero attached hydrogens (tertiary/aromatic N) is 3. The number of aromatic nitrogens is 1. The molecule has 1 heterocycles. The number of rotatable bonds is 9. The number of nitrogens with one attached hydrogen (secondary N) is 2. The third kappa shape index (κ3) is 6.60. The van der Waals surface area contributed by atoms with Crippen molar-refractivity contribution in [1.82, 2.24) is 20.7 Å². The highest BCUT2D eigenvalue weighted by atomic mass is 16.5. The average molecular weight is 323 g/mol. The van der Waals surface area contributed by atoms with Crippen molar-refractivity contribution in [2.45, 2.75) is 60.0 Å². The van der Waals surface area contributed by atoms with Crippen LogP contribution in [-0.4, -0.2) is 48.2 Å². The van der Waals surface area contributed by atoms with Gasteiger partial charge in [-0.1, -0.05) is 32.9 Å². The van der Waals surface area contributed by atoms with Crippen molar-refractivity contribution in [2.24, 2.45) is 4.99 Å². The van der Waals surface area contributed by atoms with Gasteiger partial charge in [0.1, 0.15) is 6.54 Å². The Hall–Kier alpha value is -1.56. The second kappa shape index (κ2) is 10.3. The lowest BCUT2D eigenvalue weighted by atomic mass is 10.1. The quantitative estimate of drug-likeness (QED) is 0.540. The predicted octanol–water partition coefficient (Wildman–Crippen LogP) is 2.58. The molecule has 0 saturated heterocycles. The van der Waals surface area contributed by atoms with E-state index in [-0.39, 0.29) is 0 Å². The zero-order chi connectivity index (χ0) is 17.2. The molecule has 0 aromatic carbocycles. The van der Waals surface area contributed by atoms with Crippen molar-refractivity contribution in [3.05, 3.63) is 17.5 Å². The highest BCUT2D eigenvalue weighted by Crippen LogP contribution is 2.14. The Morgan fingerprint density at radius 3 is 2.43 bits per heavy atom. The van der Waals surface area contributed by atoms with Crippen molar-refractivity contribution in [1.29, 1.82) is 0 Å². The lowest BCUT2D eigenvalue weighted by molar-refractivity contribution is 0.231. The van der Waals surface area contributed by atoms with E-state index in [9.17, 15) is 0 Å². The van der Waals surface area contributed by atoms with Gasteiger partial charge in [0, 0.05) is 25.2 Å². The molecule has 1 aromatic heterocycles. The first-order valence-corrected chi connectivity index (χ1v) is 8.73. The molecule has 0 aliphatic heterocycles. The van der Waals surface area contributed by atoms with Crippen LogP contribution in [0.15, 0.2) is 15.6 Å². The van der Waals surface area contributed by atoms with E-state index in [0.717, 1.165) is 43.6 Å². The zero-order valence-corrected chi connectivity index (χ0v) is 15.5. The highest BCUT2D eigenvalue weighted by Gasteiger charge is 2.11. The van der Waals surface area contributed by atoms with Gasteiger partial charge in [0.15, 0.2) is 11.7 Å². The maximum Gasteiger partial charge on any atom is 0.191 e. The summed E-state index contributed by atoms with van der Waals surface area (Å²) < 4.78 is 5.33. The molecule has 1 rings (SSSR count). The van der Waals surface area contributed by atoms with E-state index in [2.05, 4.69) is 67.2 Å². The molecule has 0 saturated carbocycles. The summed E-state index contributed by atoms with van der Waals surface area (Å²) in [5.74, 6) is 1.98. The van der Waals surface area contributed by atoms with Gasteiger partial charge >= 0.3 is 0 Å². The maximum atomic E-state index is 5.33. The van der Waals surface area contributed by atoms with E-state index in [1.54, 1.807) is 0 Å². The molecule has 1 aromatic rings. The van der Waals surface area contributed by atoms with Gasteiger partial charge in [0.25, 0.3) is 0 Å². The van der Waals surface area contributed by atoms with Crippen LogP contribution in [0.3, 0.4) is 0 Å². The molecule has 0 spiro atoms. The van der Waals surface area contributed by atoms with Gasteiger partial charge in [-0.2, -0.15) is 0 Å². The summed E-state index contributed by atoms with van der Waals surface area (Å²) in [6.45, 7) is 17.2. The van der Waals surface area contributed by atoms with Crippen molar-refractivity contribution < 1.29 is 4.52 Å². The van der Waals surface area contributed by atoms with Crippen LogP contribution >= 0.6 is 0 Å². The van der Waals surface area contributed by atoms with Crippen LogP contribution < -0.4 is 10.6 Å². The fourth-order valence-electron chi connectivity index (χ4n) is 2.39. The van der Waals surface area contributed by atoms with Crippen LogP contribution in [0.1, 0.15) is 58.9 Å². The number of likely N-dealkylation sites (N-methyl/N-ethyl adjacent to an activating group) is 1. The number of hydrogen-bond donors (Lipinski definition) is 2. The van der Waals surface area contributed by atoms with Gasteiger partial charge in [-0.25, -0.2) is 4.99 Å². The van der Waals surface area contributed by atoms with Gasteiger partial charge in [-0.15, -0.1) is 0 Å². The van der Waals surface area contributed by atoms with E-state index in [4.69, 9.17) is 4.52 Å². The molecule has 1 unspecified atom stereocenters. The van der Waals surface area contributed by atoms with Crippen LogP contribution in [0.25, 0.3) is 0 Å². The first-order chi connectivity index (χ1) is 11.0. The van der Waals surface area contributed by atoms with E-state index in [1.807, 2.05) is 6.07 Å². The van der Waals surface area contributed by atoms with Crippen LogP contribution in [0.4, 0.5) is 0 Å². The number of aliphatic imine (C=N–C) groups is 1. The van der Waals surface area contributed by atoms with Gasteiger partial charge in [0.2, 0.25) is 0 Å². The molecule has 2 N–H and O–H groups in total. The molecule has 1 atom stereocenters. The van der Waals surface area contributed by atoms with Crippen molar-refractivity contribution in [3.8, 4) is 0 Å². The second-order valence-corrected chi connectivity index (χ2v) is 6.02. The molecule has 0 amide bonds. The Morgan fingerprint density at radius 1 is 1.22 bits per heavy atom. The third-order valence-corrected chi connectivity index (χ3v) is 3.91. The lowest BCUT2D eigenvalue weighted by Gasteiger charge is -2.27. The van der Waals surface area contributed by atoms with Crippen LogP contribution in [0.2, 0.25) is 0 Å². The van der Waals surface area contributed by atoms with Gasteiger partial charge in [-0.05, 0) is 32.9 Å². The monoisotopic (exact) mass is 323 g/mol. The van der Waals surface area contributed by atoms with Gasteiger partial charge in [-0.3, -0.25) is 4.90 Å². The Kier molecular flexibility index (Phi) is 8.69. The molecule has 0 fully saturated rings. The number of hydrogen-bond acceptors (Lipinski definition) is 4. The molecule has 0 bridgehead atoms. The largest absolute Gasteiger partial charge is 0.359 e.